The average Bonchev–Trinajstić information content (AvgIpc) is 2.30. The van der Waals surface area contributed by atoms with Crippen LogP contribution in [-0.2, 0) is 0 Å². The van der Waals surface area contributed by atoms with E-state index in [2.05, 4.69) is 26.1 Å². The molecule has 3 heteroatoms. The molecule has 0 aliphatic carbocycles. The zero-order valence-corrected chi connectivity index (χ0v) is 12.8. The molecule has 18 heavy (non-hydrogen) atoms. The Morgan fingerprint density at radius 2 is 1.78 bits per heavy atom. The zero-order valence-electron chi connectivity index (χ0n) is 12.0. The molecular formula is C15H24ClNO. The Morgan fingerprint density at radius 3 is 2.22 bits per heavy atom. The van der Waals surface area contributed by atoms with Crippen molar-refractivity contribution < 1.29 is 4.74 Å². The van der Waals surface area contributed by atoms with E-state index in [0.717, 1.165) is 35.0 Å². The minimum Gasteiger partial charge on any atom is -0.489 e. The van der Waals surface area contributed by atoms with Gasteiger partial charge in [0.25, 0.3) is 0 Å². The average molecular weight is 270 g/mol. The lowest BCUT2D eigenvalue weighted by molar-refractivity contribution is 0.149. The van der Waals surface area contributed by atoms with E-state index in [0.29, 0.717) is 5.92 Å². The summed E-state index contributed by atoms with van der Waals surface area (Å²) in [6.45, 7) is 12.3. The van der Waals surface area contributed by atoms with Crippen molar-refractivity contribution in [2.24, 2.45) is 5.92 Å². The second kappa shape index (κ2) is 7.01. The van der Waals surface area contributed by atoms with Crippen molar-refractivity contribution >= 4 is 11.6 Å². The summed E-state index contributed by atoms with van der Waals surface area (Å²) in [7, 11) is 0. The number of likely N-dealkylation sites (N-methyl/N-ethyl adjacent to an activating group) is 1. The predicted molar refractivity (Wildman–Crippen MR) is 78.7 cm³/mol. The first kappa shape index (κ1) is 15.3. The molecule has 0 saturated heterocycles. The van der Waals surface area contributed by atoms with Crippen LogP contribution in [0.4, 0.5) is 0 Å². The van der Waals surface area contributed by atoms with Crippen LogP contribution in [0.15, 0.2) is 12.1 Å². The summed E-state index contributed by atoms with van der Waals surface area (Å²) in [6.07, 6.45) is 0.185. The molecule has 1 aromatic carbocycles. The summed E-state index contributed by atoms with van der Waals surface area (Å²) in [5, 5.41) is 4.17. The highest BCUT2D eigenvalue weighted by Crippen LogP contribution is 2.27. The van der Waals surface area contributed by atoms with Gasteiger partial charge in [-0.05, 0) is 49.6 Å². The van der Waals surface area contributed by atoms with Gasteiger partial charge in [0.15, 0.2) is 0 Å². The molecule has 0 amide bonds. The van der Waals surface area contributed by atoms with Crippen molar-refractivity contribution in [1.29, 1.82) is 0 Å². The first-order valence-corrected chi connectivity index (χ1v) is 6.97. The smallest absolute Gasteiger partial charge is 0.120 e. The minimum absolute atomic E-state index is 0.185. The highest BCUT2D eigenvalue weighted by atomic mass is 35.5. The lowest BCUT2D eigenvalue weighted by Crippen LogP contribution is -2.35. The fraction of sp³-hybridized carbons (Fsp3) is 0.600. The number of nitrogens with one attached hydrogen (secondary N) is 1. The Balaban J connectivity index is 2.80. The molecule has 0 aromatic heterocycles. The Bertz CT molecular complexity index is 367. The van der Waals surface area contributed by atoms with Crippen molar-refractivity contribution in [2.45, 2.75) is 40.7 Å². The van der Waals surface area contributed by atoms with Crippen LogP contribution in [0.2, 0.25) is 5.02 Å². The van der Waals surface area contributed by atoms with Gasteiger partial charge in [-0.15, -0.1) is 0 Å². The molecule has 0 bridgehead atoms. The molecule has 102 valence electrons. The Labute approximate surface area is 116 Å². The van der Waals surface area contributed by atoms with Gasteiger partial charge in [0.05, 0.1) is 0 Å². The first-order chi connectivity index (χ1) is 8.45. The van der Waals surface area contributed by atoms with Crippen LogP contribution in [-0.4, -0.2) is 19.2 Å². The molecule has 0 spiro atoms. The summed E-state index contributed by atoms with van der Waals surface area (Å²) >= 11 is 6.16. The summed E-state index contributed by atoms with van der Waals surface area (Å²) in [4.78, 5) is 0. The molecule has 1 unspecified atom stereocenters. The van der Waals surface area contributed by atoms with E-state index in [1.54, 1.807) is 0 Å². The maximum atomic E-state index is 6.16. The standard InChI is InChI=1S/C15H24ClNO/c1-6-17-9-14(10(2)3)18-13-7-11(4)15(16)12(5)8-13/h7-8,10,14,17H,6,9H2,1-5H3. The normalized spacial score (nSPS) is 12.8. The van der Waals surface area contributed by atoms with Crippen LogP contribution in [0, 0.1) is 19.8 Å². The van der Waals surface area contributed by atoms with E-state index in [4.69, 9.17) is 16.3 Å². The number of hydrogen-bond donors (Lipinski definition) is 1. The molecule has 1 N–H and O–H groups in total. The third-order valence-electron chi connectivity index (χ3n) is 3.04. The fourth-order valence-electron chi connectivity index (χ4n) is 1.85. The van der Waals surface area contributed by atoms with Gasteiger partial charge in [0, 0.05) is 11.6 Å². The van der Waals surface area contributed by atoms with Gasteiger partial charge in [-0.1, -0.05) is 32.4 Å². The van der Waals surface area contributed by atoms with Crippen LogP contribution in [0.25, 0.3) is 0 Å². The molecular weight excluding hydrogens is 246 g/mol. The molecule has 0 saturated carbocycles. The molecule has 1 rings (SSSR count). The molecule has 1 atom stereocenters. The van der Waals surface area contributed by atoms with Crippen molar-refractivity contribution in [2.75, 3.05) is 13.1 Å². The quantitative estimate of drug-likeness (QED) is 0.844. The van der Waals surface area contributed by atoms with Crippen molar-refractivity contribution in [3.8, 4) is 5.75 Å². The maximum absolute atomic E-state index is 6.16. The molecule has 0 fully saturated rings. The largest absolute Gasteiger partial charge is 0.489 e. The van der Waals surface area contributed by atoms with E-state index in [1.807, 2.05) is 26.0 Å². The number of halogens is 1. The summed E-state index contributed by atoms with van der Waals surface area (Å²) in [5.74, 6) is 1.38. The van der Waals surface area contributed by atoms with E-state index >= 15 is 0 Å². The minimum atomic E-state index is 0.185. The van der Waals surface area contributed by atoms with E-state index < -0.39 is 0 Å². The second-order valence-corrected chi connectivity index (χ2v) is 5.46. The fourth-order valence-corrected chi connectivity index (χ4v) is 1.96. The Hall–Kier alpha value is -0.730. The molecule has 0 aliphatic rings. The highest BCUT2D eigenvalue weighted by molar-refractivity contribution is 6.32. The van der Waals surface area contributed by atoms with E-state index in [-0.39, 0.29) is 6.10 Å². The first-order valence-electron chi connectivity index (χ1n) is 6.59. The van der Waals surface area contributed by atoms with Crippen LogP contribution in [0.5, 0.6) is 5.75 Å². The SMILES string of the molecule is CCNCC(Oc1cc(C)c(Cl)c(C)c1)C(C)C. The highest BCUT2D eigenvalue weighted by Gasteiger charge is 2.15. The van der Waals surface area contributed by atoms with E-state index in [9.17, 15) is 0 Å². The Morgan fingerprint density at radius 1 is 1.22 bits per heavy atom. The van der Waals surface area contributed by atoms with Crippen molar-refractivity contribution in [3.05, 3.63) is 28.3 Å². The van der Waals surface area contributed by atoms with Gasteiger partial charge in [0.1, 0.15) is 11.9 Å². The number of rotatable bonds is 6. The third kappa shape index (κ3) is 4.18. The molecule has 1 aromatic rings. The van der Waals surface area contributed by atoms with Crippen LogP contribution in [0.3, 0.4) is 0 Å². The third-order valence-corrected chi connectivity index (χ3v) is 3.63. The van der Waals surface area contributed by atoms with Gasteiger partial charge in [-0.3, -0.25) is 0 Å². The van der Waals surface area contributed by atoms with Gasteiger partial charge in [-0.2, -0.15) is 0 Å². The van der Waals surface area contributed by atoms with Crippen molar-refractivity contribution in [3.63, 3.8) is 0 Å². The van der Waals surface area contributed by atoms with Gasteiger partial charge >= 0.3 is 0 Å². The number of aryl methyl sites for hydroxylation is 2. The van der Waals surface area contributed by atoms with Gasteiger partial charge in [-0.25, -0.2) is 0 Å². The maximum Gasteiger partial charge on any atom is 0.120 e. The molecule has 2 nitrogen and oxygen atoms in total. The van der Waals surface area contributed by atoms with E-state index in [1.165, 1.54) is 0 Å². The summed E-state index contributed by atoms with van der Waals surface area (Å²) in [5.41, 5.74) is 2.13. The number of benzene rings is 1. The summed E-state index contributed by atoms with van der Waals surface area (Å²) in [6, 6.07) is 4.02. The molecule has 0 radical (unpaired) electrons. The molecule has 0 heterocycles. The topological polar surface area (TPSA) is 21.3 Å². The second-order valence-electron chi connectivity index (χ2n) is 5.08. The lowest BCUT2D eigenvalue weighted by Gasteiger charge is -2.23. The lowest BCUT2D eigenvalue weighted by atomic mass is 10.1. The summed E-state index contributed by atoms with van der Waals surface area (Å²) < 4.78 is 6.07. The van der Waals surface area contributed by atoms with Gasteiger partial charge in [0.2, 0.25) is 0 Å². The van der Waals surface area contributed by atoms with Gasteiger partial charge < -0.3 is 10.1 Å². The predicted octanol–water partition coefficient (Wildman–Crippen LogP) is 3.97. The zero-order chi connectivity index (χ0) is 13.7. The van der Waals surface area contributed by atoms with Crippen molar-refractivity contribution in [1.82, 2.24) is 5.32 Å². The van der Waals surface area contributed by atoms with Crippen LogP contribution in [0.1, 0.15) is 31.9 Å². The molecule has 0 aliphatic heterocycles. The number of ether oxygens (including phenoxy) is 1. The number of hydrogen-bond acceptors (Lipinski definition) is 2. The van der Waals surface area contributed by atoms with Crippen LogP contribution < -0.4 is 10.1 Å². The van der Waals surface area contributed by atoms with Crippen LogP contribution >= 0.6 is 11.6 Å². The monoisotopic (exact) mass is 269 g/mol. The Kier molecular flexibility index (Phi) is 5.97.